The second kappa shape index (κ2) is 9.07. The third kappa shape index (κ3) is 4.71. The molecule has 6 heteroatoms. The number of aromatic nitrogens is 2. The predicted molar refractivity (Wildman–Crippen MR) is 109 cm³/mol. The van der Waals surface area contributed by atoms with Crippen LogP contribution in [-0.2, 0) is 16.0 Å². The summed E-state index contributed by atoms with van der Waals surface area (Å²) in [6.07, 6.45) is 1.87. The number of hydrogen-bond donors (Lipinski definition) is 0. The molecule has 0 atom stereocenters. The highest BCUT2D eigenvalue weighted by Gasteiger charge is 2.21. The van der Waals surface area contributed by atoms with Crippen molar-refractivity contribution in [1.29, 1.82) is 0 Å². The van der Waals surface area contributed by atoms with Gasteiger partial charge >= 0.3 is 5.97 Å². The standard InChI is InChI=1S/C21H20Cl2N2O2/c1-2-3-13-27-19(26)14-18-20(15-9-11-16(22)12-10-15)24-25(21(18)23)17-7-5-4-6-8-17/h4-12H,2-3,13-14H2,1H3. The van der Waals surface area contributed by atoms with Crippen LogP contribution in [0, 0.1) is 0 Å². The third-order valence-corrected chi connectivity index (χ3v) is 4.76. The fourth-order valence-corrected chi connectivity index (χ4v) is 3.11. The lowest BCUT2D eigenvalue weighted by atomic mass is 10.1. The number of carbonyl (C=O) groups excluding carboxylic acids is 1. The van der Waals surface area contributed by atoms with E-state index in [9.17, 15) is 4.79 Å². The summed E-state index contributed by atoms with van der Waals surface area (Å²) in [5.74, 6) is -0.312. The van der Waals surface area contributed by atoms with Crippen molar-refractivity contribution in [1.82, 2.24) is 9.78 Å². The van der Waals surface area contributed by atoms with E-state index in [1.165, 1.54) is 0 Å². The minimum atomic E-state index is -0.312. The van der Waals surface area contributed by atoms with E-state index < -0.39 is 0 Å². The maximum absolute atomic E-state index is 12.3. The first kappa shape index (κ1) is 19.5. The molecule has 0 unspecified atom stereocenters. The Labute approximate surface area is 168 Å². The summed E-state index contributed by atoms with van der Waals surface area (Å²) in [7, 11) is 0. The van der Waals surface area contributed by atoms with Crippen molar-refractivity contribution < 1.29 is 9.53 Å². The van der Waals surface area contributed by atoms with Crippen LogP contribution >= 0.6 is 23.2 Å². The highest BCUT2D eigenvalue weighted by atomic mass is 35.5. The molecule has 140 valence electrons. The smallest absolute Gasteiger partial charge is 0.310 e. The largest absolute Gasteiger partial charge is 0.465 e. The number of carbonyl (C=O) groups is 1. The summed E-state index contributed by atoms with van der Waals surface area (Å²) < 4.78 is 6.95. The third-order valence-electron chi connectivity index (χ3n) is 4.12. The minimum Gasteiger partial charge on any atom is -0.465 e. The number of para-hydroxylation sites is 1. The van der Waals surface area contributed by atoms with Crippen molar-refractivity contribution >= 4 is 29.2 Å². The quantitative estimate of drug-likeness (QED) is 0.374. The van der Waals surface area contributed by atoms with E-state index in [0.717, 1.165) is 24.1 Å². The van der Waals surface area contributed by atoms with Gasteiger partial charge in [-0.15, -0.1) is 0 Å². The van der Waals surface area contributed by atoms with Crippen LogP contribution in [0.25, 0.3) is 16.9 Å². The second-order valence-electron chi connectivity index (χ2n) is 6.12. The molecule has 3 aromatic rings. The molecule has 27 heavy (non-hydrogen) atoms. The number of esters is 1. The summed E-state index contributed by atoms with van der Waals surface area (Å²) in [5.41, 5.74) is 2.95. The van der Waals surface area contributed by atoms with Crippen molar-refractivity contribution in [3.05, 3.63) is 70.3 Å². The molecule has 3 rings (SSSR count). The van der Waals surface area contributed by atoms with Crippen LogP contribution in [0.15, 0.2) is 54.6 Å². The monoisotopic (exact) mass is 402 g/mol. The van der Waals surface area contributed by atoms with E-state index >= 15 is 0 Å². The molecular formula is C21H20Cl2N2O2. The average Bonchev–Trinajstić information content (AvgIpc) is 3.00. The Morgan fingerprint density at radius 2 is 1.78 bits per heavy atom. The van der Waals surface area contributed by atoms with Gasteiger partial charge in [0, 0.05) is 16.1 Å². The maximum Gasteiger partial charge on any atom is 0.310 e. The first-order valence-electron chi connectivity index (χ1n) is 8.84. The Kier molecular flexibility index (Phi) is 6.54. The number of benzene rings is 2. The first-order valence-corrected chi connectivity index (χ1v) is 9.60. The average molecular weight is 403 g/mol. The summed E-state index contributed by atoms with van der Waals surface area (Å²) in [6.45, 7) is 2.46. The Morgan fingerprint density at radius 1 is 1.07 bits per heavy atom. The molecule has 0 fully saturated rings. The molecular weight excluding hydrogens is 383 g/mol. The number of rotatable bonds is 7. The molecule has 4 nitrogen and oxygen atoms in total. The highest BCUT2D eigenvalue weighted by Crippen LogP contribution is 2.32. The molecule has 0 aliphatic heterocycles. The number of unbranched alkanes of at least 4 members (excludes halogenated alkanes) is 1. The van der Waals surface area contributed by atoms with Crippen molar-refractivity contribution in [3.63, 3.8) is 0 Å². The Hall–Kier alpha value is -2.30. The lowest BCUT2D eigenvalue weighted by Crippen LogP contribution is -2.09. The fraction of sp³-hybridized carbons (Fsp3) is 0.238. The van der Waals surface area contributed by atoms with Gasteiger partial charge in [-0.05, 0) is 30.7 Å². The lowest BCUT2D eigenvalue weighted by Gasteiger charge is -2.05. The number of nitrogens with zero attached hydrogens (tertiary/aromatic N) is 2. The summed E-state index contributed by atoms with van der Waals surface area (Å²) in [5, 5.41) is 5.70. The summed E-state index contributed by atoms with van der Waals surface area (Å²) in [6, 6.07) is 16.9. The van der Waals surface area contributed by atoms with Crippen LogP contribution in [0.5, 0.6) is 0 Å². The van der Waals surface area contributed by atoms with Crippen LogP contribution in [0.2, 0.25) is 10.2 Å². The van der Waals surface area contributed by atoms with Crippen LogP contribution < -0.4 is 0 Å². The molecule has 0 saturated carbocycles. The molecule has 0 aliphatic rings. The molecule has 0 radical (unpaired) electrons. The van der Waals surface area contributed by atoms with E-state index in [4.69, 9.17) is 27.9 Å². The van der Waals surface area contributed by atoms with Crippen LogP contribution in [-0.4, -0.2) is 22.4 Å². The molecule has 2 aromatic carbocycles. The molecule has 0 amide bonds. The number of hydrogen-bond acceptors (Lipinski definition) is 3. The molecule has 0 aliphatic carbocycles. The molecule has 0 bridgehead atoms. The zero-order chi connectivity index (χ0) is 19.2. The molecule has 1 aromatic heterocycles. The van der Waals surface area contributed by atoms with Crippen molar-refractivity contribution in [2.45, 2.75) is 26.2 Å². The molecule has 0 saturated heterocycles. The summed E-state index contributed by atoms with van der Waals surface area (Å²) in [4.78, 5) is 12.3. The van der Waals surface area contributed by atoms with Gasteiger partial charge in [-0.25, -0.2) is 4.68 Å². The minimum absolute atomic E-state index is 0.0628. The van der Waals surface area contributed by atoms with Gasteiger partial charge < -0.3 is 4.74 Å². The van der Waals surface area contributed by atoms with Crippen LogP contribution in [0.4, 0.5) is 0 Å². The van der Waals surface area contributed by atoms with Gasteiger partial charge in [-0.3, -0.25) is 4.79 Å². The maximum atomic E-state index is 12.3. The van der Waals surface area contributed by atoms with E-state index in [2.05, 4.69) is 5.10 Å². The highest BCUT2D eigenvalue weighted by molar-refractivity contribution is 6.31. The van der Waals surface area contributed by atoms with E-state index in [0.29, 0.717) is 28.0 Å². The molecule has 0 spiro atoms. The van der Waals surface area contributed by atoms with E-state index in [1.807, 2.05) is 49.4 Å². The van der Waals surface area contributed by atoms with Gasteiger partial charge in [-0.2, -0.15) is 5.10 Å². The zero-order valence-corrected chi connectivity index (χ0v) is 16.5. The zero-order valence-electron chi connectivity index (χ0n) is 15.0. The Bertz CT molecular complexity index is 906. The van der Waals surface area contributed by atoms with E-state index in [1.54, 1.807) is 16.8 Å². The van der Waals surface area contributed by atoms with Crippen molar-refractivity contribution in [2.24, 2.45) is 0 Å². The normalized spacial score (nSPS) is 10.8. The topological polar surface area (TPSA) is 44.1 Å². The van der Waals surface area contributed by atoms with Crippen molar-refractivity contribution in [2.75, 3.05) is 6.61 Å². The number of halogens is 2. The van der Waals surface area contributed by atoms with Gasteiger partial charge in [0.05, 0.1) is 24.4 Å². The summed E-state index contributed by atoms with van der Waals surface area (Å²) >= 11 is 12.6. The fourth-order valence-electron chi connectivity index (χ4n) is 2.69. The van der Waals surface area contributed by atoms with Gasteiger partial charge in [0.1, 0.15) is 5.15 Å². The van der Waals surface area contributed by atoms with Gasteiger partial charge in [0.25, 0.3) is 0 Å². The van der Waals surface area contributed by atoms with E-state index in [-0.39, 0.29) is 12.4 Å². The lowest BCUT2D eigenvalue weighted by molar-refractivity contribution is -0.142. The number of ether oxygens (including phenoxy) is 1. The molecule has 1 heterocycles. The van der Waals surface area contributed by atoms with Gasteiger partial charge in [0.15, 0.2) is 0 Å². The van der Waals surface area contributed by atoms with Crippen LogP contribution in [0.1, 0.15) is 25.3 Å². The second-order valence-corrected chi connectivity index (χ2v) is 6.92. The van der Waals surface area contributed by atoms with Crippen LogP contribution in [0.3, 0.4) is 0 Å². The van der Waals surface area contributed by atoms with Crippen molar-refractivity contribution in [3.8, 4) is 16.9 Å². The van der Waals surface area contributed by atoms with Gasteiger partial charge in [-0.1, -0.05) is 66.9 Å². The Balaban J connectivity index is 1.99. The Morgan fingerprint density at radius 3 is 2.44 bits per heavy atom. The van der Waals surface area contributed by atoms with Gasteiger partial charge in [0.2, 0.25) is 0 Å². The molecule has 0 N–H and O–H groups in total. The first-order chi connectivity index (χ1) is 13.1. The predicted octanol–water partition coefficient (Wildman–Crippen LogP) is 5.73. The SMILES string of the molecule is CCCCOC(=O)Cc1c(-c2ccc(Cl)cc2)nn(-c2ccccc2)c1Cl.